The van der Waals surface area contributed by atoms with Crippen LogP contribution in [-0.4, -0.2) is 76.8 Å². The molecule has 1 aliphatic carbocycles. The summed E-state index contributed by atoms with van der Waals surface area (Å²) < 4.78 is 17.5. The monoisotopic (exact) mass is 373 g/mol. The van der Waals surface area contributed by atoms with Gasteiger partial charge in [-0.2, -0.15) is 0 Å². The van der Waals surface area contributed by atoms with Gasteiger partial charge in [0.15, 0.2) is 5.78 Å². The molecule has 2 heterocycles. The Bertz CT molecular complexity index is 518. The molecule has 26 heavy (non-hydrogen) atoms. The maximum absolute atomic E-state index is 12.6. The van der Waals surface area contributed by atoms with Gasteiger partial charge in [0.2, 0.25) is 6.29 Å². The van der Waals surface area contributed by atoms with Crippen LogP contribution in [0.3, 0.4) is 0 Å². The fourth-order valence-corrected chi connectivity index (χ4v) is 4.42. The first-order valence-corrected chi connectivity index (χ1v) is 9.65. The second-order valence-electron chi connectivity index (χ2n) is 7.61. The quantitative estimate of drug-likeness (QED) is 0.518. The highest BCUT2D eigenvalue weighted by molar-refractivity contribution is 5.87. The van der Waals surface area contributed by atoms with E-state index in [9.17, 15) is 20.1 Å². The summed E-state index contributed by atoms with van der Waals surface area (Å²) in [6.45, 7) is 3.93. The van der Waals surface area contributed by atoms with Crippen molar-refractivity contribution in [3.63, 3.8) is 0 Å². The number of hydrogen-bond acceptors (Lipinski definition) is 8. The molecule has 3 unspecified atom stereocenters. The zero-order chi connectivity index (χ0) is 19.1. The highest BCUT2D eigenvalue weighted by Crippen LogP contribution is 2.42. The lowest BCUT2D eigenvalue weighted by molar-refractivity contribution is -0.423. The average Bonchev–Trinajstić information content (AvgIpc) is 2.61. The second kappa shape index (κ2) is 7.79. The van der Waals surface area contributed by atoms with Crippen LogP contribution in [0.1, 0.15) is 46.0 Å². The van der Waals surface area contributed by atoms with Crippen molar-refractivity contribution in [1.29, 1.82) is 0 Å². The normalized spacial score (nSPS) is 48.8. The predicted molar refractivity (Wildman–Crippen MR) is 91.1 cm³/mol. The molecule has 1 saturated carbocycles. The molecule has 150 valence electrons. The second-order valence-corrected chi connectivity index (χ2v) is 7.61. The highest BCUT2D eigenvalue weighted by atomic mass is 16.8. The minimum atomic E-state index is -2.21. The summed E-state index contributed by atoms with van der Waals surface area (Å²) in [4.78, 5) is 12.6. The predicted octanol–water partition coefficient (Wildman–Crippen LogP) is -0.317. The van der Waals surface area contributed by atoms with Crippen LogP contribution in [0.25, 0.3) is 0 Å². The molecule has 3 rings (SSSR count). The van der Waals surface area contributed by atoms with Crippen LogP contribution >= 0.6 is 0 Å². The Labute approximate surface area is 153 Å². The summed E-state index contributed by atoms with van der Waals surface area (Å²) in [6, 6.07) is -0.580. The van der Waals surface area contributed by atoms with Crippen LogP contribution in [0, 0.1) is 5.92 Å². The Hall–Kier alpha value is -0.610. The number of fused-ring (bicyclic) bond motifs is 2. The fraction of sp³-hybridized carbons (Fsp3) is 0.944. The zero-order valence-electron chi connectivity index (χ0n) is 15.6. The summed E-state index contributed by atoms with van der Waals surface area (Å²) in [7, 11) is 1.66. The molecule has 2 saturated heterocycles. The molecule has 0 spiro atoms. The number of rotatable bonds is 5. The van der Waals surface area contributed by atoms with E-state index < -0.39 is 54.2 Å². The van der Waals surface area contributed by atoms with E-state index in [1.54, 1.807) is 7.05 Å². The van der Waals surface area contributed by atoms with Gasteiger partial charge >= 0.3 is 0 Å². The number of unbranched alkanes of at least 4 members (excludes halogenated alkanes) is 1. The van der Waals surface area contributed by atoms with Crippen molar-refractivity contribution in [2.45, 2.75) is 94.6 Å². The number of ketones is 1. The number of Topliss-reactive ketones (excluding diaryl/α,β-unsaturated/α-hetero) is 1. The van der Waals surface area contributed by atoms with Crippen molar-refractivity contribution in [3.05, 3.63) is 0 Å². The Morgan fingerprint density at radius 3 is 2.54 bits per heavy atom. The molecule has 0 aromatic rings. The minimum absolute atomic E-state index is 0.0562. The Morgan fingerprint density at radius 1 is 1.19 bits per heavy atom. The first-order valence-electron chi connectivity index (χ1n) is 9.65. The van der Waals surface area contributed by atoms with Gasteiger partial charge in [-0.05, 0) is 19.9 Å². The number of likely N-dealkylation sites (N-methyl/N-ethyl adjacent to an activating group) is 1. The number of nitrogens with one attached hydrogen (secondary N) is 1. The van der Waals surface area contributed by atoms with Gasteiger partial charge in [0.1, 0.15) is 12.2 Å². The molecule has 0 aromatic heterocycles. The summed E-state index contributed by atoms with van der Waals surface area (Å²) in [5, 5.41) is 35.1. The Morgan fingerprint density at radius 2 is 1.92 bits per heavy atom. The van der Waals surface area contributed by atoms with Crippen LogP contribution in [0.5, 0.6) is 0 Å². The molecule has 2 aliphatic heterocycles. The lowest BCUT2D eigenvalue weighted by Crippen LogP contribution is -2.75. The van der Waals surface area contributed by atoms with E-state index in [1.165, 1.54) is 0 Å². The van der Waals surface area contributed by atoms with E-state index in [0.29, 0.717) is 12.8 Å². The molecule has 8 heteroatoms. The topological polar surface area (TPSA) is 117 Å². The van der Waals surface area contributed by atoms with E-state index in [-0.39, 0.29) is 12.5 Å². The van der Waals surface area contributed by atoms with Gasteiger partial charge in [0, 0.05) is 12.3 Å². The van der Waals surface area contributed by atoms with Crippen LogP contribution in [-0.2, 0) is 19.0 Å². The van der Waals surface area contributed by atoms with Crippen LogP contribution in [0.15, 0.2) is 0 Å². The lowest BCUT2D eigenvalue weighted by atomic mass is 9.75. The van der Waals surface area contributed by atoms with E-state index in [1.807, 2.05) is 6.92 Å². The van der Waals surface area contributed by atoms with Gasteiger partial charge in [-0.3, -0.25) is 4.79 Å². The third-order valence-corrected chi connectivity index (χ3v) is 5.99. The molecule has 3 fully saturated rings. The summed E-state index contributed by atoms with van der Waals surface area (Å²) in [6.07, 6.45) is -1.95. The van der Waals surface area contributed by atoms with Gasteiger partial charge in [0.25, 0.3) is 5.79 Å². The largest absolute Gasteiger partial charge is 0.391 e. The standard InChI is InChI=1S/C18H31NO7/c1-4-6-7-9-8-11(20)18(23)17(24-9)25-16-14(22)10(5-2)13(21)12(19-3)15(16)26-18/h9-10,12-17,19,21-23H,4-8H2,1-3H3/t9-,10-,12+,13+,14+,15?,16?,17?,18+/m1/s1. The molecule has 0 bridgehead atoms. The molecule has 8 nitrogen and oxygen atoms in total. The van der Waals surface area contributed by atoms with E-state index in [2.05, 4.69) is 12.2 Å². The van der Waals surface area contributed by atoms with Gasteiger partial charge < -0.3 is 34.8 Å². The summed E-state index contributed by atoms with van der Waals surface area (Å²) >= 11 is 0. The average molecular weight is 373 g/mol. The SMILES string of the molecule is CCCC[C@@H]1CC(=O)[C@]2(O)OC3C(OC2O1)[C@@H](O)[C@H](CC)[C@H](O)[C@@H]3NC. The maximum Gasteiger partial charge on any atom is 0.280 e. The highest BCUT2D eigenvalue weighted by Gasteiger charge is 2.63. The molecule has 0 radical (unpaired) electrons. The number of ether oxygens (including phenoxy) is 3. The number of carbonyl (C=O) groups is 1. The van der Waals surface area contributed by atoms with E-state index >= 15 is 0 Å². The van der Waals surface area contributed by atoms with Gasteiger partial charge in [0.05, 0.1) is 24.4 Å². The number of aliphatic hydroxyl groups excluding tert-OH is 2. The fourth-order valence-electron chi connectivity index (χ4n) is 4.42. The zero-order valence-corrected chi connectivity index (χ0v) is 15.6. The number of aliphatic hydroxyl groups is 3. The molecule has 3 aliphatic rings. The third-order valence-electron chi connectivity index (χ3n) is 5.99. The van der Waals surface area contributed by atoms with Gasteiger partial charge in [-0.1, -0.05) is 26.7 Å². The first-order chi connectivity index (χ1) is 12.4. The smallest absolute Gasteiger partial charge is 0.280 e. The van der Waals surface area contributed by atoms with Crippen molar-refractivity contribution in [2.75, 3.05) is 7.05 Å². The van der Waals surface area contributed by atoms with Crippen molar-refractivity contribution >= 4 is 5.78 Å². The lowest BCUT2D eigenvalue weighted by Gasteiger charge is -2.55. The van der Waals surface area contributed by atoms with Crippen molar-refractivity contribution < 1.29 is 34.3 Å². The van der Waals surface area contributed by atoms with Crippen molar-refractivity contribution in [1.82, 2.24) is 5.32 Å². The Kier molecular flexibility index (Phi) is 6.03. The van der Waals surface area contributed by atoms with Crippen molar-refractivity contribution in [3.8, 4) is 0 Å². The van der Waals surface area contributed by atoms with Crippen molar-refractivity contribution in [2.24, 2.45) is 5.92 Å². The molecule has 0 aromatic carbocycles. The summed E-state index contributed by atoms with van der Waals surface area (Å²) in [5.41, 5.74) is 0. The molecule has 4 N–H and O–H groups in total. The minimum Gasteiger partial charge on any atom is -0.391 e. The molecular formula is C18H31NO7. The van der Waals surface area contributed by atoms with Crippen LogP contribution < -0.4 is 5.32 Å². The summed E-state index contributed by atoms with van der Waals surface area (Å²) in [5.74, 6) is -3.10. The first kappa shape index (κ1) is 20.1. The maximum atomic E-state index is 12.6. The molecular weight excluding hydrogens is 342 g/mol. The van der Waals surface area contributed by atoms with Crippen LogP contribution in [0.2, 0.25) is 0 Å². The molecule has 0 amide bonds. The Balaban J connectivity index is 1.84. The van der Waals surface area contributed by atoms with Gasteiger partial charge in [-0.25, -0.2) is 0 Å². The number of carbonyl (C=O) groups excluding carboxylic acids is 1. The molecule has 9 atom stereocenters. The van der Waals surface area contributed by atoms with Gasteiger partial charge in [-0.15, -0.1) is 0 Å². The van der Waals surface area contributed by atoms with Crippen LogP contribution in [0.4, 0.5) is 0 Å². The van der Waals surface area contributed by atoms with E-state index in [0.717, 1.165) is 12.8 Å². The third kappa shape index (κ3) is 3.22. The van der Waals surface area contributed by atoms with E-state index in [4.69, 9.17) is 14.2 Å². The number of hydrogen-bond donors (Lipinski definition) is 4.